The number of nitrogens with one attached hydrogen (secondary N) is 2. The van der Waals surface area contributed by atoms with Crippen LogP contribution in [-0.2, 0) is 38.6 Å². The van der Waals surface area contributed by atoms with Gasteiger partial charge in [-0.25, -0.2) is 22.6 Å². The lowest BCUT2D eigenvalue weighted by molar-refractivity contribution is -0.121. The maximum Gasteiger partial charge on any atom is 0.329 e. The molecule has 3 saturated heterocycles. The van der Waals surface area contributed by atoms with Gasteiger partial charge in [0.25, 0.3) is 0 Å². The summed E-state index contributed by atoms with van der Waals surface area (Å²) in [5.41, 5.74) is 2.72. The molecule has 2 aliphatic carbocycles. The molecule has 0 unspecified atom stereocenters. The molecular weight excluding hydrogens is 804 g/mol. The van der Waals surface area contributed by atoms with Crippen molar-refractivity contribution in [3.05, 3.63) is 65.1 Å². The van der Waals surface area contributed by atoms with Gasteiger partial charge in [0.05, 0.1) is 17.0 Å². The van der Waals surface area contributed by atoms with E-state index in [2.05, 4.69) is 37.7 Å². The van der Waals surface area contributed by atoms with E-state index in [-0.39, 0.29) is 60.8 Å². The number of rotatable bonds is 9. The Hall–Kier alpha value is -5.04. The summed E-state index contributed by atoms with van der Waals surface area (Å²) >= 11 is 0. The van der Waals surface area contributed by atoms with Gasteiger partial charge in [0.2, 0.25) is 27.8 Å². The Bertz CT molecular complexity index is 2530. The molecule has 4 amide bonds. The number of nitrogens with zero attached hydrogens (tertiary/aromatic N) is 8. The molecule has 6 aliphatic rings. The number of urea groups is 1. The number of fused-ring (bicyclic) bond motifs is 3. The SMILES string of the molecule is Cn1nc(N2CCC(=O)NC2=O)c2ccc(C3CCN(Cc4cccc(S(=O)(=O)N5CCC(Nc6ncc7c(n6)N([C@@H]6CCC[C@@H](O)C6)C(=O)C76CC6)CC5)c4F)CC3)cc21. The van der Waals surface area contributed by atoms with Crippen LogP contribution in [0.1, 0.15) is 93.2 Å². The Morgan fingerprint density at radius 2 is 1.75 bits per heavy atom. The first-order valence-electron chi connectivity index (χ1n) is 21.6. The third kappa shape index (κ3) is 7.14. The molecule has 6 heterocycles. The van der Waals surface area contributed by atoms with E-state index in [1.54, 1.807) is 23.0 Å². The summed E-state index contributed by atoms with van der Waals surface area (Å²) in [5.74, 6) is 0.867. The zero-order chi connectivity index (χ0) is 42.2. The summed E-state index contributed by atoms with van der Waals surface area (Å²) in [6.45, 7) is 2.41. The molecule has 2 atom stereocenters. The summed E-state index contributed by atoms with van der Waals surface area (Å²) in [4.78, 5) is 52.4. The van der Waals surface area contributed by atoms with E-state index < -0.39 is 33.4 Å². The van der Waals surface area contributed by atoms with E-state index in [1.807, 2.05) is 18.0 Å². The van der Waals surface area contributed by atoms with Gasteiger partial charge in [-0.05, 0) is 107 Å². The fourth-order valence-electron chi connectivity index (χ4n) is 10.3. The smallest absolute Gasteiger partial charge is 0.329 e. The van der Waals surface area contributed by atoms with E-state index in [1.165, 1.54) is 15.3 Å². The van der Waals surface area contributed by atoms with Crippen molar-refractivity contribution in [3.8, 4) is 0 Å². The molecule has 4 aromatic rings. The number of likely N-dealkylation sites (tertiary alicyclic amines) is 1. The largest absolute Gasteiger partial charge is 0.393 e. The number of amides is 4. The van der Waals surface area contributed by atoms with Crippen molar-refractivity contribution >= 4 is 56.4 Å². The van der Waals surface area contributed by atoms with E-state index in [9.17, 15) is 27.9 Å². The summed E-state index contributed by atoms with van der Waals surface area (Å²) in [6.07, 6.45) is 8.69. The Kier molecular flexibility index (Phi) is 10.1. The minimum absolute atomic E-state index is 0.0621. The normalized spacial score (nSPS) is 24.1. The van der Waals surface area contributed by atoms with Crippen LogP contribution < -0.4 is 20.4 Å². The lowest BCUT2D eigenvalue weighted by atomic mass is 9.89. The monoisotopic (exact) mass is 854 g/mol. The Labute approximate surface area is 353 Å². The maximum atomic E-state index is 16.2. The number of aliphatic hydroxyl groups is 1. The van der Waals surface area contributed by atoms with Crippen molar-refractivity contribution in [3.63, 3.8) is 0 Å². The third-order valence-electron chi connectivity index (χ3n) is 13.9. The van der Waals surface area contributed by atoms with Gasteiger partial charge < -0.3 is 10.4 Å². The summed E-state index contributed by atoms with van der Waals surface area (Å²) < 4.78 is 47.1. The van der Waals surface area contributed by atoms with E-state index >= 15 is 4.39 Å². The molecule has 4 aliphatic heterocycles. The van der Waals surface area contributed by atoms with Crippen LogP contribution in [0.4, 0.5) is 26.8 Å². The average molecular weight is 855 g/mol. The van der Waals surface area contributed by atoms with Gasteiger partial charge in [-0.1, -0.05) is 18.2 Å². The van der Waals surface area contributed by atoms with Gasteiger partial charge in [0.1, 0.15) is 16.5 Å². The first kappa shape index (κ1) is 40.1. The topological polar surface area (TPSA) is 186 Å². The second kappa shape index (κ2) is 15.4. The molecule has 0 bridgehead atoms. The first-order chi connectivity index (χ1) is 29.4. The van der Waals surface area contributed by atoms with Crippen LogP contribution in [0.15, 0.2) is 47.5 Å². The Morgan fingerprint density at radius 3 is 2.49 bits per heavy atom. The molecule has 16 nitrogen and oxygen atoms in total. The number of imide groups is 1. The van der Waals surface area contributed by atoms with Crippen LogP contribution in [0, 0.1) is 5.82 Å². The average Bonchev–Trinajstić information content (AvgIpc) is 3.94. The maximum absolute atomic E-state index is 16.2. The first-order valence-corrected chi connectivity index (χ1v) is 23.1. The number of benzene rings is 2. The third-order valence-corrected chi connectivity index (χ3v) is 15.9. The van der Waals surface area contributed by atoms with E-state index in [4.69, 9.17) is 4.98 Å². The van der Waals surface area contributed by atoms with Gasteiger partial charge in [-0.2, -0.15) is 14.4 Å². The number of anilines is 3. The zero-order valence-electron chi connectivity index (χ0n) is 34.2. The van der Waals surface area contributed by atoms with Crippen LogP contribution in [-0.4, -0.2) is 111 Å². The minimum Gasteiger partial charge on any atom is -0.393 e. The minimum atomic E-state index is -4.11. The van der Waals surface area contributed by atoms with Gasteiger partial charge in [-0.15, -0.1) is 0 Å². The number of aliphatic hydroxyl groups excluding tert-OH is 1. The molecule has 10 rings (SSSR count). The molecular formula is C43H51FN10O6S. The summed E-state index contributed by atoms with van der Waals surface area (Å²) in [6, 6.07) is 10.1. The lowest BCUT2D eigenvalue weighted by Crippen LogP contribution is -2.49. The van der Waals surface area contributed by atoms with Crippen molar-refractivity contribution in [2.75, 3.05) is 47.8 Å². The van der Waals surface area contributed by atoms with Crippen molar-refractivity contribution in [1.29, 1.82) is 0 Å². The fourth-order valence-corrected chi connectivity index (χ4v) is 11.9. The molecule has 5 fully saturated rings. The standard InChI is InChI=1S/C43H51FN10O6S/c1-50-34-22-27(8-9-32(34)38(49-50)53-21-14-36(56)47-42(53)58)26-10-17-51(18-11-26)25-28-4-2-7-35(37(28)44)61(59,60)52-19-12-29(13-20-52)46-41-45-24-33-39(48-41)54(40(57)43(33)15-16-43)30-5-3-6-31(55)23-30/h2,4,7-9,22,24,26,29-31,55H,3,5-6,10-21,23,25H2,1H3,(H,45,46,48)(H,47,56,58)/t30-,31-/m1/s1. The van der Waals surface area contributed by atoms with Crippen LogP contribution in [0.25, 0.3) is 10.9 Å². The number of aryl methyl sites for hydroxylation is 1. The predicted octanol–water partition coefficient (Wildman–Crippen LogP) is 4.28. The lowest BCUT2D eigenvalue weighted by Gasteiger charge is -2.34. The van der Waals surface area contributed by atoms with Gasteiger partial charge in [0, 0.05) is 74.4 Å². The quantitative estimate of drug-likeness (QED) is 0.218. The Morgan fingerprint density at radius 1 is 0.967 bits per heavy atom. The molecule has 0 radical (unpaired) electrons. The molecule has 2 saturated carbocycles. The predicted molar refractivity (Wildman–Crippen MR) is 224 cm³/mol. The van der Waals surface area contributed by atoms with E-state index in [0.717, 1.165) is 67.0 Å². The number of sulfonamides is 1. The number of aromatic nitrogens is 4. The van der Waals surface area contributed by atoms with Crippen LogP contribution in [0.3, 0.4) is 0 Å². The highest BCUT2D eigenvalue weighted by Crippen LogP contribution is 2.57. The van der Waals surface area contributed by atoms with Gasteiger partial charge >= 0.3 is 6.03 Å². The van der Waals surface area contributed by atoms with Gasteiger partial charge in [-0.3, -0.25) is 34.3 Å². The molecule has 18 heteroatoms. The number of hydrogen-bond donors (Lipinski definition) is 3. The Balaban J connectivity index is 0.756. The summed E-state index contributed by atoms with van der Waals surface area (Å²) in [5, 5.41) is 21.6. The van der Waals surface area contributed by atoms with Crippen molar-refractivity contribution in [2.45, 2.75) is 112 Å². The van der Waals surface area contributed by atoms with Crippen LogP contribution in [0.5, 0.6) is 0 Å². The number of carbonyl (C=O) groups is 3. The molecule has 1 spiro atoms. The highest BCUT2D eigenvalue weighted by atomic mass is 32.2. The molecule has 322 valence electrons. The number of piperidine rings is 2. The van der Waals surface area contributed by atoms with Crippen LogP contribution >= 0.6 is 0 Å². The van der Waals surface area contributed by atoms with Crippen molar-refractivity contribution in [2.24, 2.45) is 7.05 Å². The molecule has 61 heavy (non-hydrogen) atoms. The number of halogens is 1. The zero-order valence-corrected chi connectivity index (χ0v) is 35.0. The fraction of sp³-hybridized carbons (Fsp3) is 0.535. The molecule has 3 N–H and O–H groups in total. The second-order valence-corrected chi connectivity index (χ2v) is 19.6. The van der Waals surface area contributed by atoms with E-state index in [0.29, 0.717) is 62.0 Å². The molecule has 2 aromatic carbocycles. The number of carbonyl (C=O) groups excluding carboxylic acids is 3. The molecule has 2 aromatic heterocycles. The van der Waals surface area contributed by atoms with Crippen molar-refractivity contribution in [1.82, 2.24) is 34.3 Å². The van der Waals surface area contributed by atoms with Crippen LogP contribution in [0.2, 0.25) is 0 Å². The summed E-state index contributed by atoms with van der Waals surface area (Å²) in [7, 11) is -2.27. The van der Waals surface area contributed by atoms with Crippen molar-refractivity contribution < 1.29 is 32.3 Å². The second-order valence-electron chi connectivity index (χ2n) is 17.7. The van der Waals surface area contributed by atoms with Gasteiger partial charge in [0.15, 0.2) is 5.82 Å². The highest BCUT2D eigenvalue weighted by molar-refractivity contribution is 7.89. The highest BCUT2D eigenvalue weighted by Gasteiger charge is 2.61. The number of hydrogen-bond acceptors (Lipinski definition) is 11.